The van der Waals surface area contributed by atoms with Gasteiger partial charge in [0.25, 0.3) is 0 Å². The number of hydrogen-bond donors (Lipinski definition) is 9. The number of rotatable bonds is 6. The zero-order valence-electron chi connectivity index (χ0n) is 23.8. The van der Waals surface area contributed by atoms with E-state index in [9.17, 15) is 50.8 Å². The van der Waals surface area contributed by atoms with E-state index in [-0.39, 0.29) is 61.1 Å². The smallest absolute Gasteiger partial charge is 0.340 e. The maximum atomic E-state index is 12.5. The number of ether oxygens (including phenoxy) is 2. The second-order valence-electron chi connectivity index (χ2n) is 10.0. The lowest BCUT2D eigenvalue weighted by atomic mass is 9.93. The second kappa shape index (κ2) is 11.0. The third-order valence-electron chi connectivity index (χ3n) is 7.63. The first-order chi connectivity index (χ1) is 22.0. The number of benzene rings is 4. The fourth-order valence-electron chi connectivity index (χ4n) is 5.38. The number of carbonyl (C=O) groups excluding carboxylic acids is 1. The van der Waals surface area contributed by atoms with Crippen LogP contribution in [0.4, 0.5) is 0 Å². The van der Waals surface area contributed by atoms with Crippen LogP contribution >= 0.6 is 0 Å². The van der Waals surface area contributed by atoms with E-state index in [2.05, 4.69) is 19.9 Å². The molecule has 2 heterocycles. The van der Waals surface area contributed by atoms with Gasteiger partial charge >= 0.3 is 5.97 Å². The average Bonchev–Trinajstić information content (AvgIpc) is 3.05. The van der Waals surface area contributed by atoms with E-state index < -0.39 is 76.4 Å². The second-order valence-corrected chi connectivity index (χ2v) is 10.0. The van der Waals surface area contributed by atoms with Crippen molar-refractivity contribution in [2.45, 2.75) is 19.5 Å². The van der Waals surface area contributed by atoms with Crippen LogP contribution in [0.15, 0.2) is 24.3 Å². The van der Waals surface area contributed by atoms with E-state index in [0.29, 0.717) is 0 Å². The highest BCUT2D eigenvalue weighted by atomic mass is 16.6. The van der Waals surface area contributed by atoms with Crippen LogP contribution in [-0.4, -0.2) is 86.1 Å². The number of hydrogen-bond acceptors (Lipinski definition) is 16. The summed E-state index contributed by atoms with van der Waals surface area (Å²) in [6.45, 7) is -1.83. The number of methoxy groups -OCH3 is 2. The first-order valence-electron chi connectivity index (χ1n) is 13.3. The molecular formula is C30H24N4O12. The highest BCUT2D eigenvalue weighted by molar-refractivity contribution is 6.09. The van der Waals surface area contributed by atoms with Gasteiger partial charge in [-0.15, -0.1) is 0 Å². The van der Waals surface area contributed by atoms with E-state index in [1.165, 1.54) is 25.3 Å². The first kappa shape index (κ1) is 30.2. The number of phenols is 6. The maximum Gasteiger partial charge on any atom is 0.340 e. The van der Waals surface area contributed by atoms with Crippen molar-refractivity contribution in [1.29, 1.82) is 0 Å². The van der Waals surface area contributed by atoms with E-state index in [4.69, 9.17) is 9.47 Å². The Balaban J connectivity index is 1.77. The molecule has 0 saturated carbocycles. The van der Waals surface area contributed by atoms with Gasteiger partial charge in [-0.25, -0.2) is 24.7 Å². The Labute approximate surface area is 256 Å². The molecule has 46 heavy (non-hydrogen) atoms. The molecule has 6 aromatic rings. The Hall–Kier alpha value is -5.81. The van der Waals surface area contributed by atoms with Crippen molar-refractivity contribution in [2.75, 3.05) is 14.2 Å². The zero-order chi connectivity index (χ0) is 33.2. The van der Waals surface area contributed by atoms with Gasteiger partial charge in [-0.2, -0.15) is 0 Å². The summed E-state index contributed by atoms with van der Waals surface area (Å²) >= 11 is 0. The highest BCUT2D eigenvalue weighted by Crippen LogP contribution is 2.54. The Morgan fingerprint density at radius 1 is 0.630 bits per heavy atom. The van der Waals surface area contributed by atoms with Crippen molar-refractivity contribution < 1.29 is 60.2 Å². The number of nitrogens with zero attached hydrogens (tertiary/aromatic N) is 4. The van der Waals surface area contributed by atoms with E-state index in [1.54, 1.807) is 0 Å². The van der Waals surface area contributed by atoms with Gasteiger partial charge in [0, 0.05) is 23.8 Å². The van der Waals surface area contributed by atoms with Crippen LogP contribution in [0.1, 0.15) is 33.3 Å². The predicted molar refractivity (Wildman–Crippen MR) is 158 cm³/mol. The predicted octanol–water partition coefficient (Wildman–Crippen LogP) is 2.19. The summed E-state index contributed by atoms with van der Waals surface area (Å²) in [5.74, 6) is -5.18. The fraction of sp³-hybridized carbons (Fsp3) is 0.167. The van der Waals surface area contributed by atoms with Crippen LogP contribution in [0.5, 0.6) is 34.5 Å². The molecule has 0 saturated heterocycles. The summed E-state index contributed by atoms with van der Waals surface area (Å²) < 4.78 is 9.74. The molecule has 0 amide bonds. The molecule has 0 aliphatic heterocycles. The lowest BCUT2D eigenvalue weighted by Crippen LogP contribution is -2.05. The summed E-state index contributed by atoms with van der Waals surface area (Å²) in [4.78, 5) is 29.6. The summed E-state index contributed by atoms with van der Waals surface area (Å²) in [6.07, 6.45) is -1.53. The van der Waals surface area contributed by atoms with Gasteiger partial charge < -0.3 is 55.4 Å². The first-order valence-corrected chi connectivity index (χ1v) is 13.3. The Bertz CT molecular complexity index is 2270. The fourth-order valence-corrected chi connectivity index (χ4v) is 5.38. The van der Waals surface area contributed by atoms with E-state index >= 15 is 0 Å². The monoisotopic (exact) mass is 632 g/mol. The van der Waals surface area contributed by atoms with Gasteiger partial charge in [0.1, 0.15) is 67.1 Å². The molecule has 0 aliphatic rings. The van der Waals surface area contributed by atoms with Crippen molar-refractivity contribution in [2.24, 2.45) is 0 Å². The van der Waals surface area contributed by atoms with Gasteiger partial charge in [-0.3, -0.25) is 0 Å². The molecule has 16 nitrogen and oxygen atoms in total. The van der Waals surface area contributed by atoms with E-state index in [0.717, 1.165) is 13.2 Å². The lowest BCUT2D eigenvalue weighted by Gasteiger charge is -2.20. The lowest BCUT2D eigenvalue weighted by molar-refractivity contribution is -0.0760. The van der Waals surface area contributed by atoms with Crippen molar-refractivity contribution in [3.63, 3.8) is 0 Å². The SMILES string of the molecule is COC(=O)c1ccc(O)c2nc3c(CO)c(O)c(-c4c(O)c(CO)c5nc6c(O)ccc(C(O)OC)c6nc5c4O)c(O)c3nc12. The normalized spacial score (nSPS) is 12.4. The van der Waals surface area contributed by atoms with Crippen LogP contribution in [0, 0.1) is 0 Å². The highest BCUT2D eigenvalue weighted by Gasteiger charge is 2.31. The minimum atomic E-state index is -1.53. The Morgan fingerprint density at radius 3 is 1.57 bits per heavy atom. The topological polar surface area (TPSA) is 269 Å². The molecule has 1 unspecified atom stereocenters. The Kier molecular flexibility index (Phi) is 7.21. The molecule has 6 rings (SSSR count). The summed E-state index contributed by atoms with van der Waals surface area (Å²) in [5, 5.41) is 97.6. The molecule has 0 spiro atoms. The summed E-state index contributed by atoms with van der Waals surface area (Å²) in [6, 6.07) is 4.88. The van der Waals surface area contributed by atoms with Crippen LogP contribution in [0.2, 0.25) is 0 Å². The number of aromatic hydroxyl groups is 6. The third kappa shape index (κ3) is 4.20. The average molecular weight is 633 g/mol. The molecule has 4 aromatic carbocycles. The molecular weight excluding hydrogens is 608 g/mol. The van der Waals surface area contributed by atoms with Crippen molar-refractivity contribution in [3.8, 4) is 45.6 Å². The molecule has 0 bridgehead atoms. The molecule has 16 heteroatoms. The van der Waals surface area contributed by atoms with E-state index in [1.807, 2.05) is 0 Å². The minimum Gasteiger partial charge on any atom is -0.507 e. The maximum absolute atomic E-state index is 12.5. The minimum absolute atomic E-state index is 0.0371. The summed E-state index contributed by atoms with van der Waals surface area (Å²) in [7, 11) is 2.32. The number of carbonyl (C=O) groups is 1. The number of aliphatic hydroxyl groups excluding tert-OH is 3. The van der Waals surface area contributed by atoms with Gasteiger partial charge in [0.05, 0.1) is 37.0 Å². The van der Waals surface area contributed by atoms with Crippen molar-refractivity contribution in [3.05, 3.63) is 46.5 Å². The van der Waals surface area contributed by atoms with Gasteiger partial charge in [-0.1, -0.05) is 0 Å². The van der Waals surface area contributed by atoms with Crippen LogP contribution in [0.3, 0.4) is 0 Å². The van der Waals surface area contributed by atoms with Crippen molar-refractivity contribution in [1.82, 2.24) is 19.9 Å². The standard InChI is InChI=1S/C30H24N4O12/c1-45-29(43)9-3-5-13(37)21-17(9)33-23-19(31-21)11(7-35)25(39)15(27(23)41)16-26(40)12(8-36)20-24(28(16)42)34-18-10(30(44)46-2)4-6-14(38)22(18)32-20/h3-6,29,35-43H,7-8H2,1-2H3. The molecule has 0 aliphatic carbocycles. The Morgan fingerprint density at radius 2 is 1.09 bits per heavy atom. The van der Waals surface area contributed by atoms with Crippen molar-refractivity contribution >= 4 is 50.1 Å². The molecule has 236 valence electrons. The molecule has 2 aromatic heterocycles. The number of phenolic OH excluding ortho intramolecular Hbond substituents is 4. The van der Waals surface area contributed by atoms with Crippen LogP contribution in [-0.2, 0) is 22.7 Å². The molecule has 0 fully saturated rings. The summed E-state index contributed by atoms with van der Waals surface area (Å²) in [5.41, 5.74) is -4.31. The molecule has 9 N–H and O–H groups in total. The van der Waals surface area contributed by atoms with Crippen LogP contribution < -0.4 is 0 Å². The van der Waals surface area contributed by atoms with Gasteiger partial charge in [0.2, 0.25) is 0 Å². The molecule has 0 radical (unpaired) electrons. The third-order valence-corrected chi connectivity index (χ3v) is 7.63. The number of aromatic nitrogens is 4. The quantitative estimate of drug-likeness (QED) is 0.0723. The number of esters is 1. The largest absolute Gasteiger partial charge is 0.507 e. The van der Waals surface area contributed by atoms with Gasteiger partial charge in [0.15, 0.2) is 17.8 Å². The molecule has 1 atom stereocenters. The number of fused-ring (bicyclic) bond motifs is 4. The van der Waals surface area contributed by atoms with Gasteiger partial charge in [-0.05, 0) is 24.3 Å². The number of aliphatic hydroxyl groups is 3. The van der Waals surface area contributed by atoms with Crippen LogP contribution in [0.25, 0.3) is 55.3 Å². The zero-order valence-corrected chi connectivity index (χ0v) is 23.8.